The number of hydrogen-bond donors (Lipinski definition) is 2. The number of anilines is 1. The lowest BCUT2D eigenvalue weighted by Gasteiger charge is -2.36. The molecule has 1 fully saturated rings. The maximum absolute atomic E-state index is 13.7. The summed E-state index contributed by atoms with van der Waals surface area (Å²) in [6.45, 7) is 0. The SMILES string of the molecule is COc1nn(C)cc1NC(=O)NC1CC(c2ccc(F)cc2F)C1. The molecule has 128 valence electrons. The molecule has 1 saturated carbocycles. The quantitative estimate of drug-likeness (QED) is 0.902. The van der Waals surface area contributed by atoms with Gasteiger partial charge in [0.2, 0.25) is 0 Å². The second-order valence-electron chi connectivity index (χ2n) is 5.86. The van der Waals surface area contributed by atoms with Crippen LogP contribution in [0.2, 0.25) is 0 Å². The zero-order chi connectivity index (χ0) is 17.3. The monoisotopic (exact) mass is 336 g/mol. The highest BCUT2D eigenvalue weighted by atomic mass is 19.1. The van der Waals surface area contributed by atoms with Gasteiger partial charge in [-0.1, -0.05) is 6.07 Å². The van der Waals surface area contributed by atoms with Gasteiger partial charge in [0.05, 0.1) is 13.3 Å². The molecule has 1 aromatic heterocycles. The zero-order valence-corrected chi connectivity index (χ0v) is 13.3. The van der Waals surface area contributed by atoms with Crippen molar-refractivity contribution < 1.29 is 18.3 Å². The van der Waals surface area contributed by atoms with Crippen molar-refractivity contribution in [3.63, 3.8) is 0 Å². The van der Waals surface area contributed by atoms with Crippen LogP contribution in [0.1, 0.15) is 24.3 Å². The Morgan fingerprint density at radius 2 is 2.12 bits per heavy atom. The molecule has 1 aliphatic carbocycles. The molecule has 1 heterocycles. The average Bonchev–Trinajstić information content (AvgIpc) is 2.83. The first-order chi connectivity index (χ1) is 11.5. The van der Waals surface area contributed by atoms with Gasteiger partial charge in [0, 0.05) is 19.2 Å². The summed E-state index contributed by atoms with van der Waals surface area (Å²) in [5.41, 5.74) is 0.960. The summed E-state index contributed by atoms with van der Waals surface area (Å²) in [5, 5.41) is 9.53. The molecule has 24 heavy (non-hydrogen) atoms. The van der Waals surface area contributed by atoms with E-state index in [4.69, 9.17) is 4.74 Å². The number of carbonyl (C=O) groups is 1. The van der Waals surface area contributed by atoms with Crippen molar-refractivity contribution in [2.24, 2.45) is 7.05 Å². The Kier molecular flexibility index (Phi) is 4.37. The first-order valence-corrected chi connectivity index (χ1v) is 7.56. The Hall–Kier alpha value is -2.64. The number of aromatic nitrogens is 2. The van der Waals surface area contributed by atoms with Gasteiger partial charge < -0.3 is 15.4 Å². The Morgan fingerprint density at radius 3 is 2.79 bits per heavy atom. The van der Waals surface area contributed by atoms with Gasteiger partial charge in [-0.15, -0.1) is 5.10 Å². The van der Waals surface area contributed by atoms with Crippen molar-refractivity contribution in [3.8, 4) is 5.88 Å². The molecule has 0 radical (unpaired) electrons. The van der Waals surface area contributed by atoms with Crippen molar-refractivity contribution in [2.45, 2.75) is 24.8 Å². The number of rotatable bonds is 4. The van der Waals surface area contributed by atoms with E-state index in [0.29, 0.717) is 30.0 Å². The molecule has 0 spiro atoms. The maximum atomic E-state index is 13.7. The second kappa shape index (κ2) is 6.46. The molecule has 0 bridgehead atoms. The first kappa shape index (κ1) is 16.2. The van der Waals surface area contributed by atoms with E-state index in [-0.39, 0.29) is 18.0 Å². The number of nitrogens with one attached hydrogen (secondary N) is 2. The van der Waals surface area contributed by atoms with Crippen molar-refractivity contribution in [2.75, 3.05) is 12.4 Å². The number of urea groups is 1. The molecule has 1 aromatic carbocycles. The summed E-state index contributed by atoms with van der Waals surface area (Å²) in [4.78, 5) is 12.0. The minimum atomic E-state index is -0.588. The molecule has 6 nitrogen and oxygen atoms in total. The fourth-order valence-corrected chi connectivity index (χ4v) is 2.87. The molecular formula is C16H18F2N4O2. The van der Waals surface area contributed by atoms with E-state index >= 15 is 0 Å². The third-order valence-corrected chi connectivity index (χ3v) is 4.11. The number of carbonyl (C=O) groups excluding carboxylic acids is 1. The van der Waals surface area contributed by atoms with Crippen LogP contribution in [0, 0.1) is 11.6 Å². The average molecular weight is 336 g/mol. The summed E-state index contributed by atoms with van der Waals surface area (Å²) in [7, 11) is 3.19. The molecule has 2 N–H and O–H groups in total. The summed E-state index contributed by atoms with van der Waals surface area (Å²) in [6, 6.07) is 3.18. The molecule has 2 aromatic rings. The number of aryl methyl sites for hydroxylation is 1. The van der Waals surface area contributed by atoms with E-state index in [1.54, 1.807) is 13.2 Å². The fraction of sp³-hybridized carbons (Fsp3) is 0.375. The van der Waals surface area contributed by atoms with Crippen LogP contribution in [0.3, 0.4) is 0 Å². The second-order valence-corrected chi connectivity index (χ2v) is 5.86. The predicted octanol–water partition coefficient (Wildman–Crippen LogP) is 2.77. The minimum absolute atomic E-state index is 0.0103. The van der Waals surface area contributed by atoms with Gasteiger partial charge in [0.25, 0.3) is 5.88 Å². The highest BCUT2D eigenvalue weighted by Gasteiger charge is 2.33. The van der Waals surface area contributed by atoms with E-state index in [1.165, 1.54) is 23.9 Å². The van der Waals surface area contributed by atoms with E-state index in [0.717, 1.165) is 6.07 Å². The van der Waals surface area contributed by atoms with Gasteiger partial charge in [-0.2, -0.15) is 0 Å². The fourth-order valence-electron chi connectivity index (χ4n) is 2.87. The molecule has 2 amide bonds. The largest absolute Gasteiger partial charge is 0.478 e. The third-order valence-electron chi connectivity index (χ3n) is 4.11. The molecular weight excluding hydrogens is 318 g/mol. The number of methoxy groups -OCH3 is 1. The van der Waals surface area contributed by atoms with Gasteiger partial charge in [-0.05, 0) is 30.4 Å². The van der Waals surface area contributed by atoms with Crippen LogP contribution in [0.25, 0.3) is 0 Å². The number of hydrogen-bond acceptors (Lipinski definition) is 3. The van der Waals surface area contributed by atoms with Gasteiger partial charge in [-0.3, -0.25) is 4.68 Å². The molecule has 0 unspecified atom stereocenters. The van der Waals surface area contributed by atoms with Crippen LogP contribution in [-0.4, -0.2) is 29.0 Å². The molecule has 8 heteroatoms. The lowest BCUT2D eigenvalue weighted by atomic mass is 9.75. The minimum Gasteiger partial charge on any atom is -0.478 e. The standard InChI is InChI=1S/C16H18F2N4O2/c1-22-8-14(15(21-22)24-2)20-16(23)19-11-5-9(6-11)12-4-3-10(17)7-13(12)18/h3-4,7-9,11H,5-6H2,1-2H3,(H2,19,20,23). The van der Waals surface area contributed by atoms with Crippen LogP contribution >= 0.6 is 0 Å². The van der Waals surface area contributed by atoms with E-state index in [2.05, 4.69) is 15.7 Å². The molecule has 0 aliphatic heterocycles. The highest BCUT2D eigenvalue weighted by molar-refractivity contribution is 5.90. The van der Waals surface area contributed by atoms with Crippen LogP contribution in [-0.2, 0) is 7.05 Å². The molecule has 0 saturated heterocycles. The van der Waals surface area contributed by atoms with Crippen molar-refractivity contribution >= 4 is 11.7 Å². The highest BCUT2D eigenvalue weighted by Crippen LogP contribution is 2.38. The third kappa shape index (κ3) is 3.32. The summed E-state index contributed by atoms with van der Waals surface area (Å²) >= 11 is 0. The Balaban J connectivity index is 1.52. The first-order valence-electron chi connectivity index (χ1n) is 7.56. The van der Waals surface area contributed by atoms with Crippen molar-refractivity contribution in [3.05, 3.63) is 41.6 Å². The van der Waals surface area contributed by atoms with Gasteiger partial charge in [-0.25, -0.2) is 13.6 Å². The van der Waals surface area contributed by atoms with Crippen LogP contribution < -0.4 is 15.4 Å². The molecule has 0 atom stereocenters. The van der Waals surface area contributed by atoms with Gasteiger partial charge >= 0.3 is 6.03 Å². The Bertz CT molecular complexity index is 757. The van der Waals surface area contributed by atoms with Crippen LogP contribution in [0.15, 0.2) is 24.4 Å². The Morgan fingerprint density at radius 1 is 1.38 bits per heavy atom. The summed E-state index contributed by atoms with van der Waals surface area (Å²) in [6.07, 6.45) is 2.86. The number of nitrogens with zero attached hydrogens (tertiary/aromatic N) is 2. The van der Waals surface area contributed by atoms with Crippen molar-refractivity contribution in [1.82, 2.24) is 15.1 Å². The summed E-state index contributed by atoms with van der Waals surface area (Å²) < 4.78 is 33.2. The lowest BCUT2D eigenvalue weighted by Crippen LogP contribution is -2.45. The van der Waals surface area contributed by atoms with Crippen LogP contribution in [0.5, 0.6) is 5.88 Å². The maximum Gasteiger partial charge on any atom is 0.319 e. The smallest absolute Gasteiger partial charge is 0.319 e. The number of benzene rings is 1. The number of ether oxygens (including phenoxy) is 1. The lowest BCUT2D eigenvalue weighted by molar-refractivity contribution is 0.232. The number of halogens is 2. The van der Waals surface area contributed by atoms with E-state index in [9.17, 15) is 13.6 Å². The van der Waals surface area contributed by atoms with Crippen LogP contribution in [0.4, 0.5) is 19.3 Å². The zero-order valence-electron chi connectivity index (χ0n) is 13.3. The molecule has 1 aliphatic rings. The van der Waals surface area contributed by atoms with Gasteiger partial charge in [0.1, 0.15) is 17.3 Å². The normalized spacial score (nSPS) is 19.5. The van der Waals surface area contributed by atoms with Gasteiger partial charge in [0.15, 0.2) is 0 Å². The van der Waals surface area contributed by atoms with E-state index < -0.39 is 11.6 Å². The van der Waals surface area contributed by atoms with Crippen molar-refractivity contribution in [1.29, 1.82) is 0 Å². The molecule has 3 rings (SSSR count). The summed E-state index contributed by atoms with van der Waals surface area (Å²) in [5.74, 6) is -0.811. The topological polar surface area (TPSA) is 68.2 Å². The predicted molar refractivity (Wildman–Crippen MR) is 84.0 cm³/mol. The number of amides is 2. The Labute approximate surface area is 137 Å². The van der Waals surface area contributed by atoms with E-state index in [1.807, 2.05) is 0 Å².